The first-order valence-electron chi connectivity index (χ1n) is 7.11. The molecule has 0 saturated carbocycles. The van der Waals surface area contributed by atoms with Gasteiger partial charge in [-0.15, -0.1) is 0 Å². The molecule has 0 bridgehead atoms. The van der Waals surface area contributed by atoms with Crippen molar-refractivity contribution in [2.75, 3.05) is 6.54 Å². The molecule has 0 N–H and O–H groups in total. The number of esters is 1. The first-order chi connectivity index (χ1) is 10.1. The first kappa shape index (κ1) is 15.3. The molecular weight excluding hydrogens is 266 g/mol. The number of nitrogens with zero attached hydrogens (tertiary/aromatic N) is 1. The minimum absolute atomic E-state index is 0.0975. The fraction of sp³-hybridized carbons (Fsp3) is 0.353. The van der Waals surface area contributed by atoms with Crippen molar-refractivity contribution in [3.05, 3.63) is 60.1 Å². The van der Waals surface area contributed by atoms with Gasteiger partial charge in [0.25, 0.3) is 0 Å². The van der Waals surface area contributed by atoms with Crippen molar-refractivity contribution < 1.29 is 13.9 Å². The molecule has 2 rings (SSSR count). The van der Waals surface area contributed by atoms with Crippen molar-refractivity contribution in [3.8, 4) is 0 Å². The lowest BCUT2D eigenvalue weighted by molar-refractivity contribution is -0.149. The molecule has 4 nitrogen and oxygen atoms in total. The third kappa shape index (κ3) is 5.44. The van der Waals surface area contributed by atoms with Crippen LogP contribution in [0.5, 0.6) is 0 Å². The maximum absolute atomic E-state index is 11.9. The van der Waals surface area contributed by atoms with Crippen molar-refractivity contribution in [2.24, 2.45) is 0 Å². The van der Waals surface area contributed by atoms with Gasteiger partial charge in [-0.3, -0.25) is 9.69 Å². The van der Waals surface area contributed by atoms with Crippen molar-refractivity contribution in [2.45, 2.75) is 33.0 Å². The second-order valence-corrected chi connectivity index (χ2v) is 5.25. The Balaban J connectivity index is 2.01. The van der Waals surface area contributed by atoms with Crippen LogP contribution >= 0.6 is 0 Å². The zero-order valence-electron chi connectivity index (χ0n) is 12.5. The van der Waals surface area contributed by atoms with E-state index < -0.39 is 0 Å². The van der Waals surface area contributed by atoms with E-state index in [-0.39, 0.29) is 18.6 Å². The minimum Gasteiger partial charge on any atom is -0.468 e. The molecule has 0 fully saturated rings. The van der Waals surface area contributed by atoms with Gasteiger partial charge in [0.15, 0.2) is 0 Å². The third-order valence-electron chi connectivity index (χ3n) is 2.93. The van der Waals surface area contributed by atoms with E-state index in [1.54, 1.807) is 6.26 Å². The molecule has 0 aliphatic rings. The Kier molecular flexibility index (Phi) is 5.58. The third-order valence-corrected chi connectivity index (χ3v) is 2.93. The SMILES string of the molecule is CC(C)OC(=O)CN(Cc1ccccc1)Cc1ccco1. The van der Waals surface area contributed by atoms with Gasteiger partial charge >= 0.3 is 5.97 Å². The molecule has 4 heteroatoms. The zero-order chi connectivity index (χ0) is 15.1. The summed E-state index contributed by atoms with van der Waals surface area (Å²) in [5.41, 5.74) is 1.15. The summed E-state index contributed by atoms with van der Waals surface area (Å²) in [6.45, 7) is 5.20. The smallest absolute Gasteiger partial charge is 0.320 e. The minimum atomic E-state index is -0.215. The molecule has 0 aliphatic carbocycles. The normalized spacial score (nSPS) is 11.0. The maximum atomic E-state index is 11.9. The van der Waals surface area contributed by atoms with Gasteiger partial charge in [-0.05, 0) is 31.5 Å². The molecule has 0 saturated heterocycles. The molecule has 0 unspecified atom stereocenters. The van der Waals surface area contributed by atoms with Crippen molar-refractivity contribution in [3.63, 3.8) is 0 Å². The summed E-state index contributed by atoms with van der Waals surface area (Å²) in [4.78, 5) is 13.9. The largest absolute Gasteiger partial charge is 0.468 e. The predicted molar refractivity (Wildman–Crippen MR) is 80.5 cm³/mol. The summed E-state index contributed by atoms with van der Waals surface area (Å²) in [5.74, 6) is 0.621. The Morgan fingerprint density at radius 3 is 2.52 bits per heavy atom. The quantitative estimate of drug-likeness (QED) is 0.733. The van der Waals surface area contributed by atoms with Gasteiger partial charge < -0.3 is 9.15 Å². The van der Waals surface area contributed by atoms with Crippen molar-refractivity contribution in [1.29, 1.82) is 0 Å². The van der Waals surface area contributed by atoms with E-state index >= 15 is 0 Å². The molecule has 0 amide bonds. The summed E-state index contributed by atoms with van der Waals surface area (Å²) in [5, 5.41) is 0. The summed E-state index contributed by atoms with van der Waals surface area (Å²) < 4.78 is 10.6. The monoisotopic (exact) mass is 287 g/mol. The summed E-state index contributed by atoms with van der Waals surface area (Å²) in [6, 6.07) is 13.8. The average molecular weight is 287 g/mol. The van der Waals surface area contributed by atoms with Crippen LogP contribution in [0.25, 0.3) is 0 Å². The molecule has 21 heavy (non-hydrogen) atoms. The number of carbonyl (C=O) groups excluding carboxylic acids is 1. The lowest BCUT2D eigenvalue weighted by Crippen LogP contribution is -2.31. The molecular formula is C17H21NO3. The highest BCUT2D eigenvalue weighted by molar-refractivity contribution is 5.71. The van der Waals surface area contributed by atoms with E-state index in [4.69, 9.17) is 9.15 Å². The lowest BCUT2D eigenvalue weighted by Gasteiger charge is -2.21. The Bertz CT molecular complexity index is 534. The molecule has 0 radical (unpaired) electrons. The van der Waals surface area contributed by atoms with Crippen LogP contribution in [-0.2, 0) is 22.6 Å². The van der Waals surface area contributed by atoms with E-state index in [9.17, 15) is 4.79 Å². The summed E-state index contributed by atoms with van der Waals surface area (Å²) in [6.07, 6.45) is 1.54. The number of rotatable bonds is 7. The van der Waals surface area contributed by atoms with Crippen LogP contribution in [0.15, 0.2) is 53.1 Å². The van der Waals surface area contributed by atoms with Crippen molar-refractivity contribution >= 4 is 5.97 Å². The molecule has 0 spiro atoms. The van der Waals surface area contributed by atoms with Crippen LogP contribution in [0.2, 0.25) is 0 Å². The standard InChI is InChI=1S/C17H21NO3/c1-14(2)21-17(19)13-18(12-16-9-6-10-20-16)11-15-7-4-3-5-8-15/h3-10,14H,11-13H2,1-2H3. The fourth-order valence-corrected chi connectivity index (χ4v) is 2.11. The molecule has 112 valence electrons. The van der Waals surface area contributed by atoms with Gasteiger partial charge in [-0.2, -0.15) is 0 Å². The predicted octanol–water partition coefficient (Wildman–Crippen LogP) is 3.23. The fourth-order valence-electron chi connectivity index (χ4n) is 2.11. The highest BCUT2D eigenvalue weighted by Crippen LogP contribution is 2.10. The Morgan fingerprint density at radius 1 is 1.14 bits per heavy atom. The van der Waals surface area contributed by atoms with Gasteiger partial charge in [0.1, 0.15) is 5.76 Å². The van der Waals surface area contributed by atoms with Gasteiger partial charge in [0.2, 0.25) is 0 Å². The van der Waals surface area contributed by atoms with E-state index in [1.165, 1.54) is 0 Å². The number of hydrogen-bond donors (Lipinski definition) is 0. The highest BCUT2D eigenvalue weighted by atomic mass is 16.5. The number of furan rings is 1. The van der Waals surface area contributed by atoms with E-state index in [1.807, 2.05) is 61.2 Å². The number of benzene rings is 1. The Hall–Kier alpha value is -2.07. The summed E-state index contributed by atoms with van der Waals surface area (Å²) in [7, 11) is 0. The van der Waals surface area contributed by atoms with E-state index in [2.05, 4.69) is 0 Å². The lowest BCUT2D eigenvalue weighted by atomic mass is 10.2. The van der Waals surface area contributed by atoms with Gasteiger partial charge in [-0.1, -0.05) is 30.3 Å². The molecule has 0 aliphatic heterocycles. The van der Waals surface area contributed by atoms with Crippen LogP contribution in [0, 0.1) is 0 Å². The zero-order valence-corrected chi connectivity index (χ0v) is 12.5. The first-order valence-corrected chi connectivity index (χ1v) is 7.11. The number of carbonyl (C=O) groups is 1. The van der Waals surface area contributed by atoms with Crippen LogP contribution < -0.4 is 0 Å². The number of ether oxygens (including phenoxy) is 1. The van der Waals surface area contributed by atoms with Crippen molar-refractivity contribution in [1.82, 2.24) is 4.90 Å². The van der Waals surface area contributed by atoms with Crippen LogP contribution in [0.1, 0.15) is 25.2 Å². The van der Waals surface area contributed by atoms with E-state index in [0.717, 1.165) is 11.3 Å². The second kappa shape index (κ2) is 7.64. The highest BCUT2D eigenvalue weighted by Gasteiger charge is 2.15. The molecule has 1 aromatic carbocycles. The van der Waals surface area contributed by atoms with Crippen LogP contribution in [0.4, 0.5) is 0 Å². The number of hydrogen-bond acceptors (Lipinski definition) is 4. The Morgan fingerprint density at radius 2 is 1.90 bits per heavy atom. The maximum Gasteiger partial charge on any atom is 0.320 e. The van der Waals surface area contributed by atoms with Gasteiger partial charge in [0.05, 0.1) is 25.5 Å². The Labute approximate surface area is 125 Å². The second-order valence-electron chi connectivity index (χ2n) is 5.25. The molecule has 2 aromatic rings. The molecule has 0 atom stereocenters. The van der Waals surface area contributed by atoms with Gasteiger partial charge in [0, 0.05) is 6.54 Å². The average Bonchev–Trinajstić information content (AvgIpc) is 2.91. The topological polar surface area (TPSA) is 42.7 Å². The molecule has 1 aromatic heterocycles. The van der Waals surface area contributed by atoms with Gasteiger partial charge in [-0.25, -0.2) is 0 Å². The van der Waals surface area contributed by atoms with E-state index in [0.29, 0.717) is 13.1 Å². The molecule has 1 heterocycles. The van der Waals surface area contributed by atoms with Crippen LogP contribution in [0.3, 0.4) is 0 Å². The van der Waals surface area contributed by atoms with Crippen LogP contribution in [-0.4, -0.2) is 23.5 Å². The summed E-state index contributed by atoms with van der Waals surface area (Å²) >= 11 is 0.